The molecule has 1 heterocycles. The molecule has 0 amide bonds. The third-order valence-electron chi connectivity index (χ3n) is 2.78. The van der Waals surface area contributed by atoms with Gasteiger partial charge in [-0.3, -0.25) is 4.79 Å². The molecular formula is C14H15BrN2O2S. The van der Waals surface area contributed by atoms with Gasteiger partial charge in [0.25, 0.3) is 0 Å². The number of carbonyl (C=O) groups is 1. The minimum Gasteiger partial charge on any atom is -0.469 e. The Morgan fingerprint density at radius 1 is 1.45 bits per heavy atom. The summed E-state index contributed by atoms with van der Waals surface area (Å²) in [6.07, 6.45) is 0.218. The maximum absolute atomic E-state index is 11.2. The number of thiazole rings is 1. The Morgan fingerprint density at radius 2 is 2.20 bits per heavy atom. The molecule has 0 atom stereocenters. The maximum atomic E-state index is 11.2. The Bertz CT molecular complexity index is 600. The summed E-state index contributed by atoms with van der Waals surface area (Å²) in [5, 5.41) is 2.78. The number of carbonyl (C=O) groups excluding carboxylic acids is 1. The van der Waals surface area contributed by atoms with Crippen LogP contribution in [-0.4, -0.2) is 25.1 Å². The summed E-state index contributed by atoms with van der Waals surface area (Å²) in [4.78, 5) is 17.7. The molecule has 2 aromatic rings. The highest BCUT2D eigenvalue weighted by atomic mass is 79.9. The Labute approximate surface area is 130 Å². The van der Waals surface area contributed by atoms with E-state index in [4.69, 9.17) is 0 Å². The predicted octanol–water partition coefficient (Wildman–Crippen LogP) is 3.26. The van der Waals surface area contributed by atoms with Crippen molar-refractivity contribution in [2.75, 3.05) is 19.1 Å². The highest BCUT2D eigenvalue weighted by Gasteiger charge is 2.11. The van der Waals surface area contributed by atoms with Gasteiger partial charge < -0.3 is 9.64 Å². The van der Waals surface area contributed by atoms with Gasteiger partial charge in [-0.2, -0.15) is 0 Å². The van der Waals surface area contributed by atoms with Gasteiger partial charge >= 0.3 is 5.97 Å². The molecule has 0 bridgehead atoms. The number of nitrogens with zero attached hydrogens (tertiary/aromatic N) is 2. The first-order chi connectivity index (χ1) is 9.60. The number of benzene rings is 1. The molecule has 20 heavy (non-hydrogen) atoms. The Hall–Kier alpha value is -1.40. The summed E-state index contributed by atoms with van der Waals surface area (Å²) in [5.41, 5.74) is 1.94. The number of methoxy groups -OCH3 is 1. The Morgan fingerprint density at radius 3 is 2.90 bits per heavy atom. The highest BCUT2D eigenvalue weighted by molar-refractivity contribution is 9.10. The predicted molar refractivity (Wildman–Crippen MR) is 84.1 cm³/mol. The summed E-state index contributed by atoms with van der Waals surface area (Å²) in [6, 6.07) is 8.10. The summed E-state index contributed by atoms with van der Waals surface area (Å²) >= 11 is 5.07. The normalized spacial score (nSPS) is 10.3. The van der Waals surface area contributed by atoms with Gasteiger partial charge in [-0.25, -0.2) is 4.98 Å². The van der Waals surface area contributed by atoms with E-state index in [0.717, 1.165) is 21.8 Å². The van der Waals surface area contributed by atoms with Crippen LogP contribution in [0.2, 0.25) is 0 Å². The average molecular weight is 355 g/mol. The van der Waals surface area contributed by atoms with Crippen LogP contribution >= 0.6 is 27.3 Å². The monoisotopic (exact) mass is 354 g/mol. The van der Waals surface area contributed by atoms with Crippen LogP contribution in [0.25, 0.3) is 0 Å². The van der Waals surface area contributed by atoms with Gasteiger partial charge in [0, 0.05) is 23.4 Å². The average Bonchev–Trinajstić information content (AvgIpc) is 2.89. The number of aromatic nitrogens is 1. The molecule has 0 saturated carbocycles. The first kappa shape index (κ1) is 15.0. The zero-order valence-electron chi connectivity index (χ0n) is 11.3. The number of hydrogen-bond acceptors (Lipinski definition) is 5. The number of ether oxygens (including phenoxy) is 1. The maximum Gasteiger partial charge on any atom is 0.311 e. The number of anilines is 1. The van der Waals surface area contributed by atoms with Crippen LogP contribution in [0.15, 0.2) is 34.1 Å². The van der Waals surface area contributed by atoms with Crippen LogP contribution in [-0.2, 0) is 22.5 Å². The zero-order chi connectivity index (χ0) is 14.5. The lowest BCUT2D eigenvalue weighted by Gasteiger charge is -2.16. The molecule has 0 fully saturated rings. The number of rotatable bonds is 5. The van der Waals surface area contributed by atoms with Crippen molar-refractivity contribution in [2.45, 2.75) is 13.0 Å². The van der Waals surface area contributed by atoms with Gasteiger partial charge in [0.1, 0.15) is 0 Å². The molecule has 1 aromatic heterocycles. The number of esters is 1. The van der Waals surface area contributed by atoms with E-state index in [0.29, 0.717) is 0 Å². The van der Waals surface area contributed by atoms with Crippen molar-refractivity contribution in [3.05, 3.63) is 45.4 Å². The summed E-state index contributed by atoms with van der Waals surface area (Å²) < 4.78 is 5.72. The molecule has 106 valence electrons. The fraction of sp³-hybridized carbons (Fsp3) is 0.286. The lowest BCUT2D eigenvalue weighted by Crippen LogP contribution is -2.16. The molecule has 1 aromatic carbocycles. The van der Waals surface area contributed by atoms with Crippen LogP contribution in [0.1, 0.15) is 11.3 Å². The fourth-order valence-corrected chi connectivity index (χ4v) is 2.92. The molecule has 0 N–H and O–H groups in total. The molecule has 4 nitrogen and oxygen atoms in total. The molecule has 2 rings (SSSR count). The third-order valence-corrected chi connectivity index (χ3v) is 4.56. The van der Waals surface area contributed by atoms with Gasteiger partial charge in [-0.1, -0.05) is 34.1 Å². The van der Waals surface area contributed by atoms with Gasteiger partial charge in [0.2, 0.25) is 0 Å². The topological polar surface area (TPSA) is 42.4 Å². The van der Waals surface area contributed by atoms with Crippen molar-refractivity contribution < 1.29 is 9.53 Å². The van der Waals surface area contributed by atoms with Crippen LogP contribution in [0, 0.1) is 0 Å². The summed E-state index contributed by atoms with van der Waals surface area (Å²) in [7, 11) is 3.37. The Balaban J connectivity index is 2.04. The molecule has 0 radical (unpaired) electrons. The van der Waals surface area contributed by atoms with Gasteiger partial charge in [-0.05, 0) is 11.6 Å². The van der Waals surface area contributed by atoms with E-state index in [9.17, 15) is 4.79 Å². The molecule has 6 heteroatoms. The summed E-state index contributed by atoms with van der Waals surface area (Å²) in [6.45, 7) is 0.757. The fourth-order valence-electron chi connectivity index (χ4n) is 1.72. The van der Waals surface area contributed by atoms with Gasteiger partial charge in [0.05, 0.1) is 19.2 Å². The second kappa shape index (κ2) is 6.85. The SMILES string of the molecule is COC(=O)Cc1csc(N(C)Cc2ccccc2Br)n1. The van der Waals surface area contributed by atoms with Crippen LogP contribution in [0.3, 0.4) is 0 Å². The van der Waals surface area contributed by atoms with Gasteiger partial charge in [0.15, 0.2) is 5.13 Å². The van der Waals surface area contributed by atoms with Crippen molar-refractivity contribution >= 4 is 38.4 Å². The van der Waals surface area contributed by atoms with Crippen LogP contribution in [0.5, 0.6) is 0 Å². The first-order valence-electron chi connectivity index (χ1n) is 6.06. The second-order valence-electron chi connectivity index (χ2n) is 4.32. The van der Waals surface area contributed by atoms with E-state index in [1.54, 1.807) is 0 Å². The molecule has 0 saturated heterocycles. The van der Waals surface area contributed by atoms with E-state index in [-0.39, 0.29) is 12.4 Å². The largest absolute Gasteiger partial charge is 0.469 e. The Kier molecular flexibility index (Phi) is 5.14. The van der Waals surface area contributed by atoms with Crippen molar-refractivity contribution in [1.82, 2.24) is 4.98 Å². The molecule has 0 unspecified atom stereocenters. The third kappa shape index (κ3) is 3.80. The van der Waals surface area contributed by atoms with E-state index < -0.39 is 0 Å². The van der Waals surface area contributed by atoms with Crippen LogP contribution < -0.4 is 4.90 Å². The smallest absolute Gasteiger partial charge is 0.311 e. The lowest BCUT2D eigenvalue weighted by atomic mass is 10.2. The van der Waals surface area contributed by atoms with Crippen molar-refractivity contribution in [1.29, 1.82) is 0 Å². The van der Waals surface area contributed by atoms with E-state index in [2.05, 4.69) is 36.6 Å². The minimum absolute atomic E-state index is 0.218. The minimum atomic E-state index is -0.268. The lowest BCUT2D eigenvalue weighted by molar-refractivity contribution is -0.139. The second-order valence-corrected chi connectivity index (χ2v) is 6.01. The number of hydrogen-bond donors (Lipinski definition) is 0. The molecule has 0 spiro atoms. The van der Waals surface area contributed by atoms with Gasteiger partial charge in [-0.15, -0.1) is 11.3 Å². The molecule has 0 aliphatic heterocycles. The van der Waals surface area contributed by atoms with E-state index >= 15 is 0 Å². The highest BCUT2D eigenvalue weighted by Crippen LogP contribution is 2.24. The molecule has 0 aliphatic carbocycles. The standard InChI is InChI=1S/C14H15BrN2O2S/c1-17(8-10-5-3-4-6-12(10)15)14-16-11(9-20-14)7-13(18)19-2/h3-6,9H,7-8H2,1-2H3. The van der Waals surface area contributed by atoms with Crippen molar-refractivity contribution in [2.24, 2.45) is 0 Å². The summed E-state index contributed by atoms with van der Waals surface area (Å²) in [5.74, 6) is -0.268. The quantitative estimate of drug-likeness (QED) is 0.773. The van der Waals surface area contributed by atoms with Crippen molar-refractivity contribution in [3.63, 3.8) is 0 Å². The number of halogens is 1. The van der Waals surface area contributed by atoms with E-state index in [1.165, 1.54) is 24.0 Å². The van der Waals surface area contributed by atoms with Crippen molar-refractivity contribution in [3.8, 4) is 0 Å². The molecule has 0 aliphatic rings. The van der Waals surface area contributed by atoms with Crippen LogP contribution in [0.4, 0.5) is 5.13 Å². The first-order valence-corrected chi connectivity index (χ1v) is 7.73. The zero-order valence-corrected chi connectivity index (χ0v) is 13.7. The molecular weight excluding hydrogens is 340 g/mol. The van der Waals surface area contributed by atoms with E-state index in [1.807, 2.05) is 30.6 Å².